The van der Waals surface area contributed by atoms with Crippen LogP contribution in [0.25, 0.3) is 0 Å². The van der Waals surface area contributed by atoms with Crippen LogP contribution in [0, 0.1) is 5.92 Å². The van der Waals surface area contributed by atoms with Crippen LogP contribution < -0.4 is 0 Å². The molecule has 4 heteroatoms. The first-order chi connectivity index (χ1) is 11.3. The second kappa shape index (κ2) is 10.1. The number of allylic oxidation sites excluding steroid dienone is 2. The minimum atomic E-state index is -0.0809. The standard InChI is InChI=1S/C20H34O4/c1-15(2)7-9-18(23)16(3)6-5-12-20(4)19(24-20)10-8-17(14-22)11-13-21/h7,11,16,19,21-22H,5-6,8-10,12-14H2,1-4H3. The highest BCUT2D eigenvalue weighted by Crippen LogP contribution is 2.43. The topological polar surface area (TPSA) is 70.1 Å². The molecule has 138 valence electrons. The van der Waals surface area contributed by atoms with Gasteiger partial charge in [0.25, 0.3) is 0 Å². The first-order valence-corrected chi connectivity index (χ1v) is 9.06. The number of carbonyl (C=O) groups is 1. The largest absolute Gasteiger partial charge is 0.392 e. The first kappa shape index (κ1) is 21.1. The summed E-state index contributed by atoms with van der Waals surface area (Å²) < 4.78 is 5.83. The van der Waals surface area contributed by atoms with Gasteiger partial charge in [0.05, 0.1) is 24.9 Å². The zero-order chi connectivity index (χ0) is 18.2. The summed E-state index contributed by atoms with van der Waals surface area (Å²) in [5.74, 6) is 0.422. The summed E-state index contributed by atoms with van der Waals surface area (Å²) in [4.78, 5) is 12.0. The molecule has 1 fully saturated rings. The lowest BCUT2D eigenvalue weighted by Gasteiger charge is -2.11. The monoisotopic (exact) mass is 338 g/mol. The van der Waals surface area contributed by atoms with Gasteiger partial charge in [-0.2, -0.15) is 0 Å². The zero-order valence-electron chi connectivity index (χ0n) is 15.7. The maximum Gasteiger partial charge on any atom is 0.139 e. The molecule has 4 nitrogen and oxygen atoms in total. The van der Waals surface area contributed by atoms with E-state index < -0.39 is 0 Å². The maximum absolute atomic E-state index is 12.0. The molecular formula is C20H34O4. The van der Waals surface area contributed by atoms with Gasteiger partial charge in [0.15, 0.2) is 0 Å². The van der Waals surface area contributed by atoms with Crippen LogP contribution in [0.3, 0.4) is 0 Å². The van der Waals surface area contributed by atoms with Crippen molar-refractivity contribution >= 4 is 5.78 Å². The lowest BCUT2D eigenvalue weighted by Crippen LogP contribution is -2.14. The van der Waals surface area contributed by atoms with Crippen LogP contribution >= 0.6 is 0 Å². The van der Waals surface area contributed by atoms with E-state index in [0.717, 1.165) is 37.7 Å². The summed E-state index contributed by atoms with van der Waals surface area (Å²) >= 11 is 0. The third-order valence-electron chi connectivity index (χ3n) is 4.92. The fourth-order valence-corrected chi connectivity index (χ4v) is 2.99. The number of carbonyl (C=O) groups excluding carboxylic acids is 1. The molecular weight excluding hydrogens is 304 g/mol. The summed E-state index contributed by atoms with van der Waals surface area (Å²) in [5.41, 5.74) is 1.98. The Morgan fingerprint density at radius 2 is 2.00 bits per heavy atom. The smallest absolute Gasteiger partial charge is 0.139 e. The van der Waals surface area contributed by atoms with Gasteiger partial charge in [0.2, 0.25) is 0 Å². The van der Waals surface area contributed by atoms with Crippen molar-refractivity contribution in [3.05, 3.63) is 23.3 Å². The average Bonchev–Trinajstić information content (AvgIpc) is 3.19. The molecule has 1 aliphatic heterocycles. The summed E-state index contributed by atoms with van der Waals surface area (Å²) in [7, 11) is 0. The molecule has 0 saturated carbocycles. The van der Waals surface area contributed by atoms with Crippen molar-refractivity contribution in [2.24, 2.45) is 5.92 Å². The van der Waals surface area contributed by atoms with E-state index in [4.69, 9.17) is 9.84 Å². The predicted molar refractivity (Wildman–Crippen MR) is 96.8 cm³/mol. The van der Waals surface area contributed by atoms with E-state index in [1.807, 2.05) is 26.8 Å². The Balaban J connectivity index is 2.25. The molecule has 0 aromatic carbocycles. The van der Waals surface area contributed by atoms with Gasteiger partial charge in [-0.1, -0.05) is 24.6 Å². The van der Waals surface area contributed by atoms with E-state index in [0.29, 0.717) is 12.2 Å². The number of Topliss-reactive ketones (excluding diaryl/α,β-unsaturated/α-hetero) is 1. The van der Waals surface area contributed by atoms with Crippen molar-refractivity contribution in [2.75, 3.05) is 13.2 Å². The van der Waals surface area contributed by atoms with Gasteiger partial charge in [-0.05, 0) is 58.4 Å². The van der Waals surface area contributed by atoms with Crippen LogP contribution in [0.5, 0.6) is 0 Å². The van der Waals surface area contributed by atoms with Crippen LogP contribution in [-0.4, -0.2) is 40.9 Å². The maximum atomic E-state index is 12.0. The number of ketones is 1. The molecule has 0 spiro atoms. The van der Waals surface area contributed by atoms with Gasteiger partial charge in [-0.3, -0.25) is 4.79 Å². The Morgan fingerprint density at radius 3 is 2.58 bits per heavy atom. The molecule has 1 heterocycles. The van der Waals surface area contributed by atoms with Crippen molar-refractivity contribution in [1.29, 1.82) is 0 Å². The molecule has 2 N–H and O–H groups in total. The Hall–Kier alpha value is -0.970. The van der Waals surface area contributed by atoms with Gasteiger partial charge in [-0.15, -0.1) is 0 Å². The highest BCUT2D eigenvalue weighted by atomic mass is 16.6. The molecule has 1 aliphatic rings. The zero-order valence-corrected chi connectivity index (χ0v) is 15.7. The molecule has 1 rings (SSSR count). The normalized spacial score (nSPS) is 24.6. The summed E-state index contributed by atoms with van der Waals surface area (Å²) in [6, 6.07) is 0. The summed E-state index contributed by atoms with van der Waals surface area (Å²) in [6.45, 7) is 8.14. The van der Waals surface area contributed by atoms with Crippen molar-refractivity contribution < 1.29 is 19.7 Å². The van der Waals surface area contributed by atoms with Gasteiger partial charge in [-0.25, -0.2) is 0 Å². The summed E-state index contributed by atoms with van der Waals surface area (Å²) in [6.07, 6.45) is 8.94. The molecule has 24 heavy (non-hydrogen) atoms. The van der Waals surface area contributed by atoms with E-state index in [2.05, 4.69) is 6.92 Å². The molecule has 0 aliphatic carbocycles. The number of aliphatic hydroxyl groups is 2. The van der Waals surface area contributed by atoms with E-state index in [-0.39, 0.29) is 30.8 Å². The van der Waals surface area contributed by atoms with Crippen LogP contribution in [0.1, 0.15) is 66.2 Å². The molecule has 1 saturated heterocycles. The SMILES string of the molecule is CC(C)=CCC(=O)C(C)CCCC1(C)OC1CCC(=CCO)CO. The Kier molecular flexibility index (Phi) is 8.88. The predicted octanol–water partition coefficient (Wildman–Crippen LogP) is 3.57. The van der Waals surface area contributed by atoms with Gasteiger partial charge >= 0.3 is 0 Å². The molecule has 0 bridgehead atoms. The Morgan fingerprint density at radius 1 is 1.29 bits per heavy atom. The second-order valence-electron chi connectivity index (χ2n) is 7.41. The summed E-state index contributed by atoms with van der Waals surface area (Å²) in [5, 5.41) is 18.1. The Labute approximate surface area is 146 Å². The van der Waals surface area contributed by atoms with E-state index in [1.165, 1.54) is 5.57 Å². The van der Waals surface area contributed by atoms with Crippen LogP contribution in [0.2, 0.25) is 0 Å². The van der Waals surface area contributed by atoms with Crippen LogP contribution in [-0.2, 0) is 9.53 Å². The molecule has 0 aromatic rings. The molecule has 0 aromatic heterocycles. The van der Waals surface area contributed by atoms with Crippen molar-refractivity contribution in [3.8, 4) is 0 Å². The number of hydrogen-bond donors (Lipinski definition) is 2. The van der Waals surface area contributed by atoms with E-state index in [9.17, 15) is 9.90 Å². The molecule has 3 unspecified atom stereocenters. The molecule has 0 radical (unpaired) electrons. The fraction of sp³-hybridized carbons (Fsp3) is 0.750. The second-order valence-corrected chi connectivity index (χ2v) is 7.41. The number of epoxide rings is 1. The lowest BCUT2D eigenvalue weighted by atomic mass is 9.91. The minimum Gasteiger partial charge on any atom is -0.392 e. The third-order valence-corrected chi connectivity index (χ3v) is 4.92. The van der Waals surface area contributed by atoms with Gasteiger partial charge < -0.3 is 14.9 Å². The fourth-order valence-electron chi connectivity index (χ4n) is 2.99. The minimum absolute atomic E-state index is 0.00466. The quantitative estimate of drug-likeness (QED) is 0.421. The third kappa shape index (κ3) is 7.29. The molecule has 0 amide bonds. The Bertz CT molecular complexity index is 462. The van der Waals surface area contributed by atoms with Crippen LogP contribution in [0.4, 0.5) is 0 Å². The van der Waals surface area contributed by atoms with Crippen molar-refractivity contribution in [2.45, 2.75) is 77.9 Å². The van der Waals surface area contributed by atoms with Crippen molar-refractivity contribution in [1.82, 2.24) is 0 Å². The van der Waals surface area contributed by atoms with Gasteiger partial charge in [0, 0.05) is 12.3 Å². The van der Waals surface area contributed by atoms with Crippen molar-refractivity contribution in [3.63, 3.8) is 0 Å². The number of hydrogen-bond acceptors (Lipinski definition) is 4. The van der Waals surface area contributed by atoms with Gasteiger partial charge in [0.1, 0.15) is 5.78 Å². The molecule has 3 atom stereocenters. The first-order valence-electron chi connectivity index (χ1n) is 9.06. The number of ether oxygens (including phenoxy) is 1. The number of rotatable bonds is 12. The van der Waals surface area contributed by atoms with E-state index >= 15 is 0 Å². The van der Waals surface area contributed by atoms with E-state index in [1.54, 1.807) is 6.08 Å². The highest BCUT2D eigenvalue weighted by Gasteiger charge is 2.50. The lowest BCUT2D eigenvalue weighted by molar-refractivity contribution is -0.121. The average molecular weight is 338 g/mol. The number of aliphatic hydroxyl groups excluding tert-OH is 2. The van der Waals surface area contributed by atoms with Crippen LogP contribution in [0.15, 0.2) is 23.3 Å². The highest BCUT2D eigenvalue weighted by molar-refractivity contribution is 5.82.